The second-order valence-electron chi connectivity index (χ2n) is 4.73. The number of esters is 1. The first-order valence-corrected chi connectivity index (χ1v) is 7.98. The fraction of sp³-hybridized carbons (Fsp3) is 0.176. The second kappa shape index (κ2) is 8.33. The lowest BCUT2D eigenvalue weighted by Crippen LogP contribution is -2.09. The van der Waals surface area contributed by atoms with Crippen LogP contribution in [0.1, 0.15) is 13.3 Å². The molecule has 0 aliphatic heterocycles. The largest absolute Gasteiger partial charge is 0.427 e. The quantitative estimate of drug-likeness (QED) is 0.495. The van der Waals surface area contributed by atoms with Crippen LogP contribution in [-0.4, -0.2) is 17.6 Å². The van der Waals surface area contributed by atoms with E-state index in [2.05, 4.69) is 5.32 Å². The monoisotopic (exact) mass is 333 g/mol. The number of hydrogen-bond acceptors (Lipinski definition) is 4. The SMILES string of the molecule is CC(=O)Nc1ccc(OC(=O)CCSc2ccc(F)cc2)cc1. The van der Waals surface area contributed by atoms with Gasteiger partial charge in [0, 0.05) is 23.3 Å². The van der Waals surface area contributed by atoms with Gasteiger partial charge in [-0.3, -0.25) is 9.59 Å². The molecule has 0 spiro atoms. The zero-order valence-electron chi connectivity index (χ0n) is 12.5. The van der Waals surface area contributed by atoms with E-state index in [1.165, 1.54) is 30.8 Å². The van der Waals surface area contributed by atoms with Gasteiger partial charge in [-0.2, -0.15) is 0 Å². The van der Waals surface area contributed by atoms with Crippen molar-refractivity contribution in [3.8, 4) is 5.75 Å². The molecule has 0 bridgehead atoms. The van der Waals surface area contributed by atoms with E-state index in [1.807, 2.05) is 0 Å². The highest BCUT2D eigenvalue weighted by Crippen LogP contribution is 2.20. The highest BCUT2D eigenvalue weighted by molar-refractivity contribution is 7.99. The van der Waals surface area contributed by atoms with Crippen molar-refractivity contribution in [3.05, 3.63) is 54.3 Å². The number of anilines is 1. The number of carbonyl (C=O) groups excluding carboxylic acids is 2. The van der Waals surface area contributed by atoms with Crippen molar-refractivity contribution < 1.29 is 18.7 Å². The summed E-state index contributed by atoms with van der Waals surface area (Å²) in [7, 11) is 0. The molecule has 6 heteroatoms. The maximum atomic E-state index is 12.8. The van der Waals surface area contributed by atoms with Crippen molar-refractivity contribution in [2.45, 2.75) is 18.2 Å². The Bertz CT molecular complexity index is 671. The lowest BCUT2D eigenvalue weighted by atomic mass is 10.3. The number of thioether (sulfide) groups is 1. The van der Waals surface area contributed by atoms with Gasteiger partial charge in [0.25, 0.3) is 0 Å². The van der Waals surface area contributed by atoms with Gasteiger partial charge < -0.3 is 10.1 Å². The van der Waals surface area contributed by atoms with E-state index in [-0.39, 0.29) is 24.1 Å². The lowest BCUT2D eigenvalue weighted by Gasteiger charge is -2.06. The minimum absolute atomic E-state index is 0.160. The molecule has 1 amide bonds. The summed E-state index contributed by atoms with van der Waals surface area (Å²) < 4.78 is 18.0. The smallest absolute Gasteiger partial charge is 0.312 e. The van der Waals surface area contributed by atoms with Crippen LogP contribution in [0.4, 0.5) is 10.1 Å². The number of hydrogen-bond donors (Lipinski definition) is 1. The Balaban J connectivity index is 1.76. The van der Waals surface area contributed by atoms with Crippen molar-refractivity contribution in [1.82, 2.24) is 0 Å². The molecule has 1 N–H and O–H groups in total. The molecule has 0 aromatic heterocycles. The van der Waals surface area contributed by atoms with Gasteiger partial charge in [0.05, 0.1) is 6.42 Å². The molecule has 0 unspecified atom stereocenters. The molecule has 0 saturated carbocycles. The van der Waals surface area contributed by atoms with Gasteiger partial charge >= 0.3 is 5.97 Å². The van der Waals surface area contributed by atoms with E-state index in [1.54, 1.807) is 36.4 Å². The molecule has 0 saturated heterocycles. The van der Waals surface area contributed by atoms with E-state index < -0.39 is 0 Å². The lowest BCUT2D eigenvalue weighted by molar-refractivity contribution is -0.133. The minimum atomic E-state index is -0.341. The summed E-state index contributed by atoms with van der Waals surface area (Å²) in [5.41, 5.74) is 0.643. The highest BCUT2D eigenvalue weighted by atomic mass is 32.2. The Morgan fingerprint density at radius 1 is 1.09 bits per heavy atom. The van der Waals surface area contributed by atoms with Gasteiger partial charge in [0.2, 0.25) is 5.91 Å². The zero-order chi connectivity index (χ0) is 16.7. The van der Waals surface area contributed by atoms with Gasteiger partial charge in [-0.25, -0.2) is 4.39 Å². The first-order valence-electron chi connectivity index (χ1n) is 6.99. The molecule has 0 heterocycles. The normalized spacial score (nSPS) is 10.2. The van der Waals surface area contributed by atoms with E-state index >= 15 is 0 Å². The van der Waals surface area contributed by atoms with Crippen molar-refractivity contribution in [3.63, 3.8) is 0 Å². The van der Waals surface area contributed by atoms with Crippen LogP contribution in [0.15, 0.2) is 53.4 Å². The molecule has 2 rings (SSSR count). The average Bonchev–Trinajstić information content (AvgIpc) is 2.51. The topological polar surface area (TPSA) is 55.4 Å². The maximum absolute atomic E-state index is 12.8. The summed E-state index contributed by atoms with van der Waals surface area (Å²) >= 11 is 1.46. The van der Waals surface area contributed by atoms with Crippen LogP contribution >= 0.6 is 11.8 Å². The van der Waals surface area contributed by atoms with Crippen LogP contribution in [0, 0.1) is 5.82 Å². The number of carbonyl (C=O) groups is 2. The third kappa shape index (κ3) is 6.12. The molecule has 0 atom stereocenters. The van der Waals surface area contributed by atoms with Crippen LogP contribution in [-0.2, 0) is 9.59 Å². The van der Waals surface area contributed by atoms with Crippen molar-refractivity contribution in [2.75, 3.05) is 11.1 Å². The summed E-state index contributed by atoms with van der Waals surface area (Å²) in [6, 6.07) is 12.7. The van der Waals surface area contributed by atoms with Crippen molar-refractivity contribution in [2.24, 2.45) is 0 Å². The molecule has 2 aromatic carbocycles. The van der Waals surface area contributed by atoms with Crippen LogP contribution in [0.25, 0.3) is 0 Å². The van der Waals surface area contributed by atoms with Gasteiger partial charge in [0.1, 0.15) is 11.6 Å². The molecular formula is C17H16FNO3S. The van der Waals surface area contributed by atoms with Crippen LogP contribution in [0.2, 0.25) is 0 Å². The fourth-order valence-corrected chi connectivity index (χ4v) is 2.61. The first-order chi connectivity index (χ1) is 11.0. The highest BCUT2D eigenvalue weighted by Gasteiger charge is 2.06. The maximum Gasteiger partial charge on any atom is 0.312 e. The van der Waals surface area contributed by atoms with E-state index in [9.17, 15) is 14.0 Å². The molecular weight excluding hydrogens is 317 g/mol. The second-order valence-corrected chi connectivity index (χ2v) is 5.90. The number of amides is 1. The predicted octanol–water partition coefficient (Wildman–Crippen LogP) is 3.87. The Morgan fingerprint density at radius 3 is 2.35 bits per heavy atom. The predicted molar refractivity (Wildman–Crippen MR) is 88.1 cm³/mol. The molecule has 0 aliphatic carbocycles. The molecule has 120 valence electrons. The zero-order valence-corrected chi connectivity index (χ0v) is 13.4. The van der Waals surface area contributed by atoms with Gasteiger partial charge in [0.15, 0.2) is 0 Å². The molecule has 0 fully saturated rings. The molecule has 0 radical (unpaired) electrons. The van der Waals surface area contributed by atoms with Crippen molar-refractivity contribution >= 4 is 29.3 Å². The Hall–Kier alpha value is -2.34. The van der Waals surface area contributed by atoms with E-state index in [0.717, 1.165) is 4.90 Å². The Labute approximate surface area is 138 Å². The summed E-state index contributed by atoms with van der Waals surface area (Å²) in [4.78, 5) is 23.6. The number of nitrogens with one attached hydrogen (secondary N) is 1. The van der Waals surface area contributed by atoms with Crippen LogP contribution < -0.4 is 10.1 Å². The number of rotatable bonds is 6. The number of halogens is 1. The average molecular weight is 333 g/mol. The molecule has 4 nitrogen and oxygen atoms in total. The Kier molecular flexibility index (Phi) is 6.17. The first kappa shape index (κ1) is 17.0. The standard InChI is InChI=1S/C17H16FNO3S/c1-12(20)19-14-4-6-15(7-5-14)22-17(21)10-11-23-16-8-2-13(18)3-9-16/h2-9H,10-11H2,1H3,(H,19,20). The summed E-state index contributed by atoms with van der Waals surface area (Å²) in [5.74, 6) is 0.195. The summed E-state index contributed by atoms with van der Waals surface area (Å²) in [6.45, 7) is 1.42. The Morgan fingerprint density at radius 2 is 1.74 bits per heavy atom. The molecule has 2 aromatic rings. The fourth-order valence-electron chi connectivity index (χ4n) is 1.78. The van der Waals surface area contributed by atoms with Crippen LogP contribution in [0.3, 0.4) is 0 Å². The van der Waals surface area contributed by atoms with Gasteiger partial charge in [-0.05, 0) is 48.5 Å². The van der Waals surface area contributed by atoms with E-state index in [0.29, 0.717) is 17.2 Å². The summed E-state index contributed by atoms with van der Waals surface area (Å²) in [5, 5.41) is 2.63. The third-order valence-corrected chi connectivity index (χ3v) is 3.81. The summed E-state index contributed by atoms with van der Waals surface area (Å²) in [6.07, 6.45) is 0.246. The minimum Gasteiger partial charge on any atom is -0.427 e. The number of ether oxygens (including phenoxy) is 1. The van der Waals surface area contributed by atoms with E-state index in [4.69, 9.17) is 4.74 Å². The third-order valence-electron chi connectivity index (χ3n) is 2.79. The molecule has 0 aliphatic rings. The van der Waals surface area contributed by atoms with Crippen molar-refractivity contribution in [1.29, 1.82) is 0 Å². The number of benzene rings is 2. The molecule has 23 heavy (non-hydrogen) atoms. The van der Waals surface area contributed by atoms with Gasteiger partial charge in [-0.1, -0.05) is 0 Å². The van der Waals surface area contributed by atoms with Crippen LogP contribution in [0.5, 0.6) is 5.75 Å². The van der Waals surface area contributed by atoms with Gasteiger partial charge in [-0.15, -0.1) is 11.8 Å².